The number of anilines is 1. The number of urea groups is 1. The maximum Gasteiger partial charge on any atom is 0.323 e. The number of amides is 2. The number of carbonyl (C=O) groups is 1. The number of hydrogen-bond donors (Lipinski definition) is 1. The molecule has 3 rings (SSSR count). The lowest BCUT2D eigenvalue weighted by Gasteiger charge is -2.25. The van der Waals surface area contributed by atoms with Gasteiger partial charge in [-0.1, -0.05) is 25.1 Å². The number of ether oxygens (including phenoxy) is 1. The van der Waals surface area contributed by atoms with Crippen LogP contribution in [0.1, 0.15) is 24.9 Å². The molecule has 2 amide bonds. The van der Waals surface area contributed by atoms with Crippen molar-refractivity contribution in [3.8, 4) is 0 Å². The fourth-order valence-electron chi connectivity index (χ4n) is 3.23. The number of halogens is 1. The summed E-state index contributed by atoms with van der Waals surface area (Å²) in [5.74, 6) is 0.519. The third-order valence-corrected chi connectivity index (χ3v) is 4.44. The molecule has 2 heterocycles. The summed E-state index contributed by atoms with van der Waals surface area (Å²) in [5, 5.41) is 7.11. The number of nitrogens with zero attached hydrogens (tertiary/aromatic N) is 3. The topological polar surface area (TPSA) is 59.4 Å². The van der Waals surface area contributed by atoms with Crippen molar-refractivity contribution in [1.82, 2.24) is 14.7 Å². The number of benzene rings is 1. The third kappa shape index (κ3) is 3.99. The van der Waals surface area contributed by atoms with E-state index in [1.807, 2.05) is 0 Å². The van der Waals surface area contributed by atoms with Crippen LogP contribution in [0.4, 0.5) is 15.0 Å². The number of hydrogen-bond acceptors (Lipinski definition) is 3. The highest BCUT2D eigenvalue weighted by atomic mass is 19.1. The Kier molecular flexibility index (Phi) is 5.33. The Balaban J connectivity index is 1.71. The second-order valence-corrected chi connectivity index (χ2v) is 6.42. The first kappa shape index (κ1) is 17.4. The van der Waals surface area contributed by atoms with E-state index in [-0.39, 0.29) is 17.9 Å². The number of nitrogens with one attached hydrogen (secondary N) is 1. The minimum Gasteiger partial charge on any atom is -0.383 e. The SMILES string of the molecule is COCCn1ccc(NC(=O)N2C[C@H](C)C[C@@H]2c2ccccc2F)n1. The van der Waals surface area contributed by atoms with Crippen LogP contribution < -0.4 is 5.32 Å². The monoisotopic (exact) mass is 346 g/mol. The smallest absolute Gasteiger partial charge is 0.323 e. The molecule has 1 aromatic carbocycles. The molecule has 1 N–H and O–H groups in total. The molecule has 0 aliphatic carbocycles. The lowest BCUT2D eigenvalue weighted by molar-refractivity contribution is 0.183. The highest BCUT2D eigenvalue weighted by molar-refractivity contribution is 5.88. The Hall–Kier alpha value is -2.41. The first-order valence-electron chi connectivity index (χ1n) is 8.43. The predicted molar refractivity (Wildman–Crippen MR) is 92.7 cm³/mol. The molecule has 0 bridgehead atoms. The summed E-state index contributed by atoms with van der Waals surface area (Å²) in [6, 6.07) is 7.87. The van der Waals surface area contributed by atoms with Gasteiger partial charge in [-0.25, -0.2) is 9.18 Å². The van der Waals surface area contributed by atoms with Crippen molar-refractivity contribution in [2.75, 3.05) is 25.6 Å². The first-order chi connectivity index (χ1) is 12.1. The van der Waals surface area contributed by atoms with E-state index in [0.29, 0.717) is 37.0 Å². The van der Waals surface area contributed by atoms with Gasteiger partial charge in [0.2, 0.25) is 0 Å². The zero-order chi connectivity index (χ0) is 17.8. The summed E-state index contributed by atoms with van der Waals surface area (Å²) in [4.78, 5) is 14.4. The minimum atomic E-state index is -0.275. The Labute approximate surface area is 146 Å². The summed E-state index contributed by atoms with van der Waals surface area (Å²) < 4.78 is 20.9. The van der Waals surface area contributed by atoms with Crippen molar-refractivity contribution in [3.05, 3.63) is 47.9 Å². The number of likely N-dealkylation sites (tertiary alicyclic amines) is 1. The van der Waals surface area contributed by atoms with Crippen LogP contribution in [0.15, 0.2) is 36.5 Å². The van der Waals surface area contributed by atoms with Crippen LogP contribution in [0.3, 0.4) is 0 Å². The molecule has 0 spiro atoms. The highest BCUT2D eigenvalue weighted by Gasteiger charge is 2.35. The van der Waals surface area contributed by atoms with Gasteiger partial charge < -0.3 is 9.64 Å². The Bertz CT molecular complexity index is 733. The van der Waals surface area contributed by atoms with Crippen molar-refractivity contribution in [2.24, 2.45) is 5.92 Å². The number of rotatable bonds is 5. The fraction of sp³-hybridized carbons (Fsp3) is 0.444. The molecular weight excluding hydrogens is 323 g/mol. The van der Waals surface area contributed by atoms with Gasteiger partial charge in [-0.05, 0) is 18.4 Å². The summed E-state index contributed by atoms with van der Waals surface area (Å²) in [7, 11) is 1.63. The van der Waals surface area contributed by atoms with Crippen molar-refractivity contribution < 1.29 is 13.9 Å². The van der Waals surface area contributed by atoms with E-state index < -0.39 is 0 Å². The number of methoxy groups -OCH3 is 1. The van der Waals surface area contributed by atoms with Gasteiger partial charge in [0.25, 0.3) is 0 Å². The summed E-state index contributed by atoms with van der Waals surface area (Å²) in [5.41, 5.74) is 0.563. The molecule has 134 valence electrons. The molecule has 1 fully saturated rings. The summed E-state index contributed by atoms with van der Waals surface area (Å²) in [6.45, 7) is 3.83. The Morgan fingerprint density at radius 2 is 2.20 bits per heavy atom. The van der Waals surface area contributed by atoms with E-state index in [1.165, 1.54) is 6.07 Å². The largest absolute Gasteiger partial charge is 0.383 e. The molecule has 2 aromatic rings. The molecule has 0 radical (unpaired) electrons. The maximum absolute atomic E-state index is 14.2. The lowest BCUT2D eigenvalue weighted by Crippen LogP contribution is -2.35. The highest BCUT2D eigenvalue weighted by Crippen LogP contribution is 2.36. The van der Waals surface area contributed by atoms with Crippen LogP contribution in [0.5, 0.6) is 0 Å². The van der Waals surface area contributed by atoms with E-state index in [2.05, 4.69) is 17.3 Å². The summed E-state index contributed by atoms with van der Waals surface area (Å²) in [6.07, 6.45) is 2.53. The van der Waals surface area contributed by atoms with Crippen LogP contribution >= 0.6 is 0 Å². The van der Waals surface area contributed by atoms with Gasteiger partial charge in [0, 0.05) is 31.5 Å². The third-order valence-electron chi connectivity index (χ3n) is 4.44. The molecule has 7 heteroatoms. The predicted octanol–water partition coefficient (Wildman–Crippen LogP) is 3.28. The van der Waals surface area contributed by atoms with Gasteiger partial charge in [0.15, 0.2) is 5.82 Å². The Morgan fingerprint density at radius 1 is 1.40 bits per heavy atom. The molecule has 0 saturated carbocycles. The normalized spacial score (nSPS) is 20.0. The van der Waals surface area contributed by atoms with Crippen molar-refractivity contribution in [2.45, 2.75) is 25.9 Å². The maximum atomic E-state index is 14.2. The first-order valence-corrected chi connectivity index (χ1v) is 8.43. The van der Waals surface area contributed by atoms with E-state index in [1.54, 1.807) is 47.2 Å². The molecular formula is C18H23FN4O2. The van der Waals surface area contributed by atoms with Crippen molar-refractivity contribution >= 4 is 11.8 Å². The quantitative estimate of drug-likeness (QED) is 0.904. The van der Waals surface area contributed by atoms with Crippen LogP contribution in [0, 0.1) is 11.7 Å². The molecule has 1 aromatic heterocycles. The average Bonchev–Trinajstić information content (AvgIpc) is 3.20. The number of carbonyl (C=O) groups excluding carboxylic acids is 1. The standard InChI is InChI=1S/C18H23FN4O2/c1-13-11-16(14-5-3-4-6-15(14)19)23(12-13)18(24)20-17-7-8-22(21-17)9-10-25-2/h3-8,13,16H,9-12H2,1-2H3,(H,20,21,24)/t13-,16-/m1/s1. The molecule has 1 aliphatic heterocycles. The summed E-state index contributed by atoms with van der Waals surface area (Å²) >= 11 is 0. The van der Waals surface area contributed by atoms with Crippen molar-refractivity contribution in [1.29, 1.82) is 0 Å². The second kappa shape index (κ2) is 7.65. The van der Waals surface area contributed by atoms with Gasteiger partial charge in [0.1, 0.15) is 5.82 Å². The van der Waals surface area contributed by atoms with Gasteiger partial charge in [-0.3, -0.25) is 10.00 Å². The minimum absolute atomic E-state index is 0.255. The zero-order valence-corrected chi connectivity index (χ0v) is 14.5. The van der Waals surface area contributed by atoms with Gasteiger partial charge >= 0.3 is 6.03 Å². The second-order valence-electron chi connectivity index (χ2n) is 6.42. The van der Waals surface area contributed by atoms with Crippen LogP contribution in [-0.2, 0) is 11.3 Å². The fourth-order valence-corrected chi connectivity index (χ4v) is 3.23. The average molecular weight is 346 g/mol. The Morgan fingerprint density at radius 3 is 2.96 bits per heavy atom. The van der Waals surface area contributed by atoms with Crippen LogP contribution in [-0.4, -0.2) is 41.0 Å². The van der Waals surface area contributed by atoms with E-state index in [0.717, 1.165) is 6.42 Å². The molecule has 2 atom stereocenters. The number of aromatic nitrogens is 2. The van der Waals surface area contributed by atoms with Gasteiger partial charge in [-0.2, -0.15) is 5.10 Å². The van der Waals surface area contributed by atoms with E-state index >= 15 is 0 Å². The van der Waals surface area contributed by atoms with Gasteiger partial charge in [-0.15, -0.1) is 0 Å². The zero-order valence-electron chi connectivity index (χ0n) is 14.5. The molecule has 6 nitrogen and oxygen atoms in total. The van der Waals surface area contributed by atoms with Crippen LogP contribution in [0.25, 0.3) is 0 Å². The van der Waals surface area contributed by atoms with Crippen LogP contribution in [0.2, 0.25) is 0 Å². The van der Waals surface area contributed by atoms with Crippen molar-refractivity contribution in [3.63, 3.8) is 0 Å². The molecule has 25 heavy (non-hydrogen) atoms. The molecule has 0 unspecified atom stereocenters. The molecule has 1 saturated heterocycles. The van der Waals surface area contributed by atoms with E-state index in [4.69, 9.17) is 4.74 Å². The van der Waals surface area contributed by atoms with Gasteiger partial charge in [0.05, 0.1) is 19.2 Å². The molecule has 1 aliphatic rings. The lowest BCUT2D eigenvalue weighted by atomic mass is 10.0. The van der Waals surface area contributed by atoms with E-state index in [9.17, 15) is 9.18 Å².